The number of rotatable bonds is 6. The normalized spacial score (nSPS) is 17.9. The van der Waals surface area contributed by atoms with E-state index in [4.69, 9.17) is 21.1 Å². The van der Waals surface area contributed by atoms with Crippen LogP contribution in [-0.4, -0.2) is 48.8 Å². The molecule has 34 heavy (non-hydrogen) atoms. The second kappa shape index (κ2) is 10.3. The maximum absolute atomic E-state index is 13.0. The molecule has 3 aromatic rings. The number of halogens is 1. The van der Waals surface area contributed by atoms with Gasteiger partial charge >= 0.3 is 0 Å². The molecule has 9 heteroatoms. The van der Waals surface area contributed by atoms with Crippen LogP contribution in [0, 0.1) is 18.3 Å². The summed E-state index contributed by atoms with van der Waals surface area (Å²) in [6, 6.07) is 14.8. The Hall–Kier alpha value is -3.38. The fourth-order valence-corrected chi connectivity index (χ4v) is 4.36. The van der Waals surface area contributed by atoms with E-state index in [1.165, 1.54) is 6.20 Å². The molecule has 2 atom stereocenters. The number of nitriles is 1. The van der Waals surface area contributed by atoms with Crippen molar-refractivity contribution in [2.75, 3.05) is 31.0 Å². The fraction of sp³-hybridized carbons (Fsp3) is 0.320. The van der Waals surface area contributed by atoms with Gasteiger partial charge in [-0.15, -0.1) is 0 Å². The first-order chi connectivity index (χ1) is 16.4. The van der Waals surface area contributed by atoms with E-state index in [0.717, 1.165) is 17.8 Å². The molecule has 0 bridgehead atoms. The molecule has 0 radical (unpaired) electrons. The number of methoxy groups -OCH3 is 2. The summed E-state index contributed by atoms with van der Waals surface area (Å²) < 4.78 is 12.8. The van der Waals surface area contributed by atoms with Gasteiger partial charge in [0, 0.05) is 37.9 Å². The van der Waals surface area contributed by atoms with Gasteiger partial charge in [-0.05, 0) is 55.8 Å². The standard InChI is InChI=1S/C25H26ClN5O3/c1-16-22(15-28-31(16)20-7-4-18(26)5-8-20)25(32)29-19-6-9-23(17(12-19)14-27)30-11-10-21(33-2)13-24(30)34-3/h4-9,12,15,21,24H,10-11,13H2,1-3H3,(H,29,32). The number of benzene rings is 2. The molecule has 8 nitrogen and oxygen atoms in total. The SMILES string of the molecule is COC1CCN(c2ccc(NC(=O)c3cnn(-c4ccc(Cl)cc4)c3C)cc2C#N)C(OC)C1. The highest BCUT2D eigenvalue weighted by Gasteiger charge is 2.30. The van der Waals surface area contributed by atoms with Crippen LogP contribution in [0.4, 0.5) is 11.4 Å². The molecule has 1 N–H and O–H groups in total. The van der Waals surface area contributed by atoms with E-state index >= 15 is 0 Å². The van der Waals surface area contributed by atoms with Crippen LogP contribution in [0.3, 0.4) is 0 Å². The molecule has 1 aromatic heterocycles. The third-order valence-electron chi connectivity index (χ3n) is 6.12. The van der Waals surface area contributed by atoms with Gasteiger partial charge in [0.2, 0.25) is 0 Å². The van der Waals surface area contributed by atoms with Crippen LogP contribution >= 0.6 is 11.6 Å². The number of amides is 1. The Morgan fingerprint density at radius 1 is 1.21 bits per heavy atom. The lowest BCUT2D eigenvalue weighted by Crippen LogP contribution is -2.46. The maximum atomic E-state index is 13.0. The first kappa shape index (κ1) is 23.8. The van der Waals surface area contributed by atoms with Crippen molar-refractivity contribution in [3.63, 3.8) is 0 Å². The minimum atomic E-state index is -0.301. The van der Waals surface area contributed by atoms with Crippen LogP contribution in [0.2, 0.25) is 5.02 Å². The molecular weight excluding hydrogens is 454 g/mol. The van der Waals surface area contributed by atoms with Crippen LogP contribution in [0.25, 0.3) is 5.69 Å². The maximum Gasteiger partial charge on any atom is 0.259 e. The Bertz CT molecular complexity index is 1220. The molecule has 176 valence electrons. The number of ether oxygens (including phenoxy) is 2. The van der Waals surface area contributed by atoms with Gasteiger partial charge in [0.25, 0.3) is 5.91 Å². The number of hydrogen-bond donors (Lipinski definition) is 1. The average Bonchev–Trinajstić information content (AvgIpc) is 3.25. The van der Waals surface area contributed by atoms with E-state index in [9.17, 15) is 10.1 Å². The van der Waals surface area contributed by atoms with Crippen LogP contribution in [-0.2, 0) is 9.47 Å². The average molecular weight is 480 g/mol. The zero-order chi connectivity index (χ0) is 24.2. The van der Waals surface area contributed by atoms with Crippen molar-refractivity contribution in [1.82, 2.24) is 9.78 Å². The number of nitrogens with zero attached hydrogens (tertiary/aromatic N) is 4. The van der Waals surface area contributed by atoms with Crippen molar-refractivity contribution in [3.8, 4) is 11.8 Å². The molecule has 1 aliphatic heterocycles. The van der Waals surface area contributed by atoms with Crippen molar-refractivity contribution in [2.45, 2.75) is 32.1 Å². The summed E-state index contributed by atoms with van der Waals surface area (Å²) in [6.07, 6.45) is 3.03. The first-order valence-electron chi connectivity index (χ1n) is 10.9. The van der Waals surface area contributed by atoms with Gasteiger partial charge in [-0.1, -0.05) is 11.6 Å². The van der Waals surface area contributed by atoms with E-state index in [-0.39, 0.29) is 18.2 Å². The molecule has 2 unspecified atom stereocenters. The predicted molar refractivity (Wildman–Crippen MR) is 131 cm³/mol. The monoisotopic (exact) mass is 479 g/mol. The summed E-state index contributed by atoms with van der Waals surface area (Å²) in [5.41, 5.74) is 3.71. The minimum Gasteiger partial charge on any atom is -0.381 e. The van der Waals surface area contributed by atoms with Crippen molar-refractivity contribution >= 4 is 28.9 Å². The Balaban J connectivity index is 1.53. The van der Waals surface area contributed by atoms with Crippen LogP contribution < -0.4 is 10.2 Å². The van der Waals surface area contributed by atoms with Gasteiger partial charge in [-0.2, -0.15) is 10.4 Å². The molecule has 2 aromatic carbocycles. The summed E-state index contributed by atoms with van der Waals surface area (Å²) in [7, 11) is 3.36. The van der Waals surface area contributed by atoms with E-state index < -0.39 is 0 Å². The number of carbonyl (C=O) groups excluding carboxylic acids is 1. The zero-order valence-corrected chi connectivity index (χ0v) is 20.0. The number of hydrogen-bond acceptors (Lipinski definition) is 6. The first-order valence-corrected chi connectivity index (χ1v) is 11.3. The quantitative estimate of drug-likeness (QED) is 0.557. The number of anilines is 2. The second-order valence-corrected chi connectivity index (χ2v) is 8.53. The third-order valence-corrected chi connectivity index (χ3v) is 6.37. The van der Waals surface area contributed by atoms with Gasteiger partial charge in [0.05, 0.1) is 40.5 Å². The molecule has 0 saturated carbocycles. The fourth-order valence-electron chi connectivity index (χ4n) is 4.24. The predicted octanol–water partition coefficient (Wildman–Crippen LogP) is 4.55. The summed E-state index contributed by atoms with van der Waals surface area (Å²) in [5.74, 6) is -0.301. The van der Waals surface area contributed by atoms with Gasteiger partial charge < -0.3 is 19.7 Å². The van der Waals surface area contributed by atoms with Gasteiger partial charge in [-0.25, -0.2) is 4.68 Å². The lowest BCUT2D eigenvalue weighted by molar-refractivity contribution is -0.00153. The van der Waals surface area contributed by atoms with E-state index in [0.29, 0.717) is 40.5 Å². The van der Waals surface area contributed by atoms with E-state index in [2.05, 4.69) is 21.4 Å². The smallest absolute Gasteiger partial charge is 0.259 e. The van der Waals surface area contributed by atoms with Crippen LogP contribution in [0.5, 0.6) is 0 Å². The van der Waals surface area contributed by atoms with Gasteiger partial charge in [0.15, 0.2) is 0 Å². The highest BCUT2D eigenvalue weighted by molar-refractivity contribution is 6.30. The molecule has 1 fully saturated rings. The highest BCUT2D eigenvalue weighted by Crippen LogP contribution is 2.31. The highest BCUT2D eigenvalue weighted by atomic mass is 35.5. The number of nitrogens with one attached hydrogen (secondary N) is 1. The molecule has 4 rings (SSSR count). The molecule has 1 amide bonds. The minimum absolute atomic E-state index is 0.127. The summed E-state index contributed by atoms with van der Waals surface area (Å²) >= 11 is 5.97. The summed E-state index contributed by atoms with van der Waals surface area (Å²) in [4.78, 5) is 15.0. The molecule has 2 heterocycles. The molecule has 1 saturated heterocycles. The Morgan fingerprint density at radius 2 is 1.97 bits per heavy atom. The van der Waals surface area contributed by atoms with Crippen molar-refractivity contribution in [3.05, 3.63) is 70.5 Å². The number of aromatic nitrogens is 2. The largest absolute Gasteiger partial charge is 0.381 e. The topological polar surface area (TPSA) is 92.4 Å². The van der Waals surface area contributed by atoms with Crippen molar-refractivity contribution in [1.29, 1.82) is 5.26 Å². The molecule has 0 aliphatic carbocycles. The molecular formula is C25H26ClN5O3. The van der Waals surface area contributed by atoms with Crippen LogP contribution in [0.1, 0.15) is 34.5 Å². The Kier molecular flexibility index (Phi) is 7.17. The lowest BCUT2D eigenvalue weighted by atomic mass is 10.0. The Morgan fingerprint density at radius 3 is 2.65 bits per heavy atom. The van der Waals surface area contributed by atoms with Crippen LogP contribution in [0.15, 0.2) is 48.7 Å². The zero-order valence-electron chi connectivity index (χ0n) is 19.3. The summed E-state index contributed by atoms with van der Waals surface area (Å²) in [6.45, 7) is 2.54. The van der Waals surface area contributed by atoms with Crippen molar-refractivity contribution in [2.24, 2.45) is 0 Å². The molecule has 1 aliphatic rings. The Labute approximate surface area is 203 Å². The van der Waals surface area contributed by atoms with Crippen molar-refractivity contribution < 1.29 is 14.3 Å². The van der Waals surface area contributed by atoms with E-state index in [1.54, 1.807) is 43.2 Å². The lowest BCUT2D eigenvalue weighted by Gasteiger charge is -2.39. The summed E-state index contributed by atoms with van der Waals surface area (Å²) in [5, 5.41) is 17.7. The van der Waals surface area contributed by atoms with Gasteiger partial charge in [-0.3, -0.25) is 4.79 Å². The molecule has 0 spiro atoms. The second-order valence-electron chi connectivity index (χ2n) is 8.10. The number of carbonyl (C=O) groups is 1. The van der Waals surface area contributed by atoms with E-state index in [1.807, 2.05) is 25.1 Å². The van der Waals surface area contributed by atoms with Gasteiger partial charge in [0.1, 0.15) is 12.3 Å². The number of piperidine rings is 1. The third kappa shape index (κ3) is 4.77.